The zero-order valence-corrected chi connectivity index (χ0v) is 20.1. The van der Waals surface area contributed by atoms with Crippen LogP contribution >= 0.6 is 0 Å². The van der Waals surface area contributed by atoms with Crippen LogP contribution in [-0.2, 0) is 0 Å². The van der Waals surface area contributed by atoms with Crippen molar-refractivity contribution in [2.45, 2.75) is 0 Å². The minimum Gasteiger partial charge on any atom is -0.493 e. The van der Waals surface area contributed by atoms with Crippen molar-refractivity contribution in [3.63, 3.8) is 0 Å². The first-order valence-corrected chi connectivity index (χ1v) is 10.3. The molecule has 0 heterocycles. The van der Waals surface area contributed by atoms with E-state index in [2.05, 4.69) is 23.7 Å². The van der Waals surface area contributed by atoms with Crippen molar-refractivity contribution < 1.29 is 28.4 Å². The van der Waals surface area contributed by atoms with E-state index in [0.29, 0.717) is 34.5 Å². The predicted octanol–water partition coefficient (Wildman–Crippen LogP) is 4.54. The van der Waals surface area contributed by atoms with E-state index in [1.165, 1.54) is 0 Å². The van der Waals surface area contributed by atoms with E-state index in [1.54, 1.807) is 42.7 Å². The molecule has 0 fully saturated rings. The quantitative estimate of drug-likeness (QED) is 0.506. The largest absolute Gasteiger partial charge is 0.493 e. The molecule has 6 heteroatoms. The van der Waals surface area contributed by atoms with E-state index in [9.17, 15) is 0 Å². The monoisotopic (exact) mass is 458 g/mol. The van der Waals surface area contributed by atoms with Gasteiger partial charge in [-0.2, -0.15) is 0 Å². The van der Waals surface area contributed by atoms with Gasteiger partial charge in [-0.25, -0.2) is 0 Å². The average Bonchev–Trinajstić information content (AvgIpc) is 2.89. The van der Waals surface area contributed by atoms with Crippen LogP contribution in [0.25, 0.3) is 0 Å². The van der Waals surface area contributed by atoms with Crippen molar-refractivity contribution in [1.29, 1.82) is 0 Å². The fraction of sp³-hybridized carbons (Fsp3) is 0.214. The second kappa shape index (κ2) is 11.4. The standard InChI is InChI=1S/C28H26O6/c1-29-23-15-21(16-24(30-2)27(23)33-5)13-11-19-7-9-20(10-8-19)12-14-22-17-25(31-3)28(34-6)26(18-22)32-4/h7-10,15-18H,1-6H3. The summed E-state index contributed by atoms with van der Waals surface area (Å²) in [4.78, 5) is 0. The van der Waals surface area contributed by atoms with Gasteiger partial charge in [0.1, 0.15) is 0 Å². The third kappa shape index (κ3) is 5.49. The van der Waals surface area contributed by atoms with Gasteiger partial charge in [0.25, 0.3) is 0 Å². The molecular formula is C28H26O6. The molecule has 0 saturated heterocycles. The number of rotatable bonds is 6. The average molecular weight is 459 g/mol. The number of hydrogen-bond donors (Lipinski definition) is 0. The van der Waals surface area contributed by atoms with Crippen molar-refractivity contribution in [1.82, 2.24) is 0 Å². The minimum absolute atomic E-state index is 0.533. The summed E-state index contributed by atoms with van der Waals surface area (Å²) in [6.45, 7) is 0. The van der Waals surface area contributed by atoms with Crippen molar-refractivity contribution in [3.8, 4) is 58.2 Å². The molecule has 3 rings (SSSR count). The summed E-state index contributed by atoms with van der Waals surface area (Å²) in [5.74, 6) is 15.9. The van der Waals surface area contributed by atoms with Gasteiger partial charge in [-0.05, 0) is 48.5 Å². The molecule has 0 aliphatic carbocycles. The second-order valence-corrected chi connectivity index (χ2v) is 6.91. The maximum absolute atomic E-state index is 5.38. The highest BCUT2D eigenvalue weighted by Crippen LogP contribution is 2.38. The molecule has 6 nitrogen and oxygen atoms in total. The summed E-state index contributed by atoms with van der Waals surface area (Å²) in [5, 5.41) is 0. The smallest absolute Gasteiger partial charge is 0.203 e. The molecule has 0 atom stereocenters. The van der Waals surface area contributed by atoms with Gasteiger partial charge >= 0.3 is 0 Å². The third-order valence-corrected chi connectivity index (χ3v) is 4.92. The lowest BCUT2D eigenvalue weighted by Crippen LogP contribution is -1.95. The van der Waals surface area contributed by atoms with Gasteiger partial charge in [0.15, 0.2) is 23.0 Å². The zero-order chi connectivity index (χ0) is 24.5. The van der Waals surface area contributed by atoms with Gasteiger partial charge in [-0.3, -0.25) is 0 Å². The van der Waals surface area contributed by atoms with Gasteiger partial charge in [0, 0.05) is 22.3 Å². The Balaban J connectivity index is 1.83. The normalized spacial score (nSPS) is 9.59. The molecule has 3 aromatic rings. The van der Waals surface area contributed by atoms with E-state index in [0.717, 1.165) is 22.3 Å². The van der Waals surface area contributed by atoms with Gasteiger partial charge in [0.05, 0.1) is 42.7 Å². The summed E-state index contributed by atoms with van der Waals surface area (Å²) in [6, 6.07) is 14.9. The summed E-state index contributed by atoms with van der Waals surface area (Å²) < 4.78 is 32.2. The number of benzene rings is 3. The summed E-state index contributed by atoms with van der Waals surface area (Å²) in [6.07, 6.45) is 0. The first-order valence-electron chi connectivity index (χ1n) is 10.3. The third-order valence-electron chi connectivity index (χ3n) is 4.92. The molecule has 34 heavy (non-hydrogen) atoms. The molecule has 0 amide bonds. The molecule has 0 radical (unpaired) electrons. The number of ether oxygens (including phenoxy) is 6. The van der Waals surface area contributed by atoms with Crippen molar-refractivity contribution in [2.75, 3.05) is 42.7 Å². The lowest BCUT2D eigenvalue weighted by molar-refractivity contribution is 0.324. The van der Waals surface area contributed by atoms with Crippen molar-refractivity contribution in [3.05, 3.63) is 70.8 Å². The van der Waals surface area contributed by atoms with Crippen LogP contribution < -0.4 is 28.4 Å². The molecule has 0 bridgehead atoms. The lowest BCUT2D eigenvalue weighted by atomic mass is 10.1. The Morgan fingerprint density at radius 1 is 0.382 bits per heavy atom. The van der Waals surface area contributed by atoms with Gasteiger partial charge in [0.2, 0.25) is 11.5 Å². The number of methoxy groups -OCH3 is 6. The molecule has 0 aliphatic rings. The molecule has 0 saturated carbocycles. The SMILES string of the molecule is COc1cc(C#Cc2ccc(C#Cc3cc(OC)c(OC)c(OC)c3)cc2)cc(OC)c1OC. The Hall–Kier alpha value is -4.42. The molecule has 0 unspecified atom stereocenters. The highest BCUT2D eigenvalue weighted by Gasteiger charge is 2.13. The zero-order valence-electron chi connectivity index (χ0n) is 20.1. The Morgan fingerprint density at radius 3 is 0.882 bits per heavy atom. The van der Waals surface area contributed by atoms with Crippen molar-refractivity contribution >= 4 is 0 Å². The van der Waals surface area contributed by atoms with Crippen LogP contribution in [0.15, 0.2) is 48.5 Å². The molecule has 0 aromatic heterocycles. The van der Waals surface area contributed by atoms with E-state index in [1.807, 2.05) is 48.5 Å². The molecule has 3 aromatic carbocycles. The highest BCUT2D eigenvalue weighted by molar-refractivity contribution is 5.59. The Morgan fingerprint density at radius 2 is 0.647 bits per heavy atom. The highest BCUT2D eigenvalue weighted by atomic mass is 16.5. The molecular weight excluding hydrogens is 432 g/mol. The Bertz CT molecular complexity index is 1120. The summed E-state index contributed by atoms with van der Waals surface area (Å²) >= 11 is 0. The van der Waals surface area contributed by atoms with E-state index in [-0.39, 0.29) is 0 Å². The maximum atomic E-state index is 5.38. The topological polar surface area (TPSA) is 55.4 Å². The molecule has 0 spiro atoms. The fourth-order valence-corrected chi connectivity index (χ4v) is 3.23. The first-order chi connectivity index (χ1) is 16.6. The van der Waals surface area contributed by atoms with Crippen LogP contribution in [-0.4, -0.2) is 42.7 Å². The first kappa shape index (κ1) is 24.2. The molecule has 0 aliphatic heterocycles. The van der Waals surface area contributed by atoms with Crippen LogP contribution in [0.3, 0.4) is 0 Å². The predicted molar refractivity (Wildman–Crippen MR) is 131 cm³/mol. The maximum Gasteiger partial charge on any atom is 0.203 e. The summed E-state index contributed by atoms with van der Waals surface area (Å²) in [5.41, 5.74) is 3.21. The van der Waals surface area contributed by atoms with Crippen LogP contribution in [0.1, 0.15) is 22.3 Å². The second-order valence-electron chi connectivity index (χ2n) is 6.91. The minimum atomic E-state index is 0.533. The van der Waals surface area contributed by atoms with E-state index >= 15 is 0 Å². The Kier molecular flexibility index (Phi) is 8.16. The number of hydrogen-bond acceptors (Lipinski definition) is 6. The van der Waals surface area contributed by atoms with Gasteiger partial charge in [-0.1, -0.05) is 23.7 Å². The van der Waals surface area contributed by atoms with Gasteiger partial charge < -0.3 is 28.4 Å². The van der Waals surface area contributed by atoms with E-state index < -0.39 is 0 Å². The van der Waals surface area contributed by atoms with Gasteiger partial charge in [-0.15, -0.1) is 0 Å². The van der Waals surface area contributed by atoms with Crippen LogP contribution in [0.2, 0.25) is 0 Å². The molecule has 0 N–H and O–H groups in total. The lowest BCUT2D eigenvalue weighted by Gasteiger charge is -2.12. The van der Waals surface area contributed by atoms with Crippen LogP contribution in [0, 0.1) is 23.7 Å². The summed E-state index contributed by atoms with van der Waals surface area (Å²) in [7, 11) is 9.44. The van der Waals surface area contributed by atoms with Crippen LogP contribution in [0.5, 0.6) is 34.5 Å². The van der Waals surface area contributed by atoms with E-state index in [4.69, 9.17) is 28.4 Å². The molecule has 174 valence electrons. The van der Waals surface area contributed by atoms with Crippen molar-refractivity contribution in [2.24, 2.45) is 0 Å². The fourth-order valence-electron chi connectivity index (χ4n) is 3.23. The Labute approximate surface area is 200 Å². The van der Waals surface area contributed by atoms with Crippen LogP contribution in [0.4, 0.5) is 0 Å².